The van der Waals surface area contributed by atoms with Crippen molar-refractivity contribution in [3.63, 3.8) is 0 Å². The summed E-state index contributed by atoms with van der Waals surface area (Å²) in [6.45, 7) is 5.40. The van der Waals surface area contributed by atoms with Gasteiger partial charge in [0.15, 0.2) is 0 Å². The lowest BCUT2D eigenvalue weighted by molar-refractivity contribution is 0.0419. The Bertz CT molecular complexity index is 463. The second-order valence-electron chi connectivity index (χ2n) is 7.53. The maximum atomic E-state index is 13.0. The summed E-state index contributed by atoms with van der Waals surface area (Å²) in [5.74, 6) is 1.55. The molecule has 2 aliphatic heterocycles. The summed E-state index contributed by atoms with van der Waals surface area (Å²) in [6, 6.07) is 6.25. The van der Waals surface area contributed by atoms with E-state index in [9.17, 15) is 9.50 Å². The van der Waals surface area contributed by atoms with Crippen molar-refractivity contribution in [2.24, 2.45) is 11.8 Å². The minimum Gasteiger partial charge on any atom is -0.385 e. The van der Waals surface area contributed by atoms with Crippen LogP contribution in [0.1, 0.15) is 51.0 Å². The van der Waals surface area contributed by atoms with Crippen LogP contribution >= 0.6 is 0 Å². The van der Waals surface area contributed by atoms with Gasteiger partial charge >= 0.3 is 0 Å². The molecule has 0 radical (unpaired) electrons. The van der Waals surface area contributed by atoms with Gasteiger partial charge in [0.2, 0.25) is 0 Å². The van der Waals surface area contributed by atoms with Crippen LogP contribution in [-0.2, 0) is 5.60 Å². The van der Waals surface area contributed by atoms with E-state index in [1.54, 1.807) is 12.1 Å². The minimum absolute atomic E-state index is 0.250. The van der Waals surface area contributed by atoms with Gasteiger partial charge < -0.3 is 10.0 Å². The molecule has 0 amide bonds. The highest BCUT2D eigenvalue weighted by Gasteiger charge is 2.29. The Kier molecular flexibility index (Phi) is 4.84. The highest BCUT2D eigenvalue weighted by molar-refractivity contribution is 5.22. The van der Waals surface area contributed by atoms with Crippen molar-refractivity contribution in [1.82, 2.24) is 4.90 Å². The Labute approximate surface area is 133 Å². The molecular formula is C19H28FNO. The van der Waals surface area contributed by atoms with E-state index in [2.05, 4.69) is 4.90 Å². The fraction of sp³-hybridized carbons (Fsp3) is 0.684. The van der Waals surface area contributed by atoms with Crippen LogP contribution in [0.5, 0.6) is 0 Å². The van der Waals surface area contributed by atoms with Crippen molar-refractivity contribution < 1.29 is 9.50 Å². The lowest BCUT2D eigenvalue weighted by Crippen LogP contribution is -2.31. The van der Waals surface area contributed by atoms with Gasteiger partial charge in [0.25, 0.3) is 0 Å². The van der Waals surface area contributed by atoms with Crippen molar-refractivity contribution in [1.29, 1.82) is 0 Å². The Morgan fingerprint density at radius 2 is 1.64 bits per heavy atom. The first-order valence-corrected chi connectivity index (χ1v) is 8.74. The number of fused-ring (bicyclic) bond motifs is 4. The van der Waals surface area contributed by atoms with E-state index in [1.165, 1.54) is 50.9 Å². The second-order valence-corrected chi connectivity index (χ2v) is 7.53. The first-order chi connectivity index (χ1) is 10.5. The number of hydrogen-bond donors (Lipinski definition) is 1. The summed E-state index contributed by atoms with van der Waals surface area (Å²) >= 11 is 0. The van der Waals surface area contributed by atoms with Gasteiger partial charge in [-0.25, -0.2) is 4.39 Å². The van der Waals surface area contributed by atoms with E-state index in [1.807, 2.05) is 6.92 Å². The van der Waals surface area contributed by atoms with Gasteiger partial charge in [-0.15, -0.1) is 0 Å². The van der Waals surface area contributed by atoms with Crippen LogP contribution < -0.4 is 0 Å². The molecule has 1 saturated carbocycles. The van der Waals surface area contributed by atoms with Crippen molar-refractivity contribution in [3.05, 3.63) is 35.6 Å². The van der Waals surface area contributed by atoms with Crippen LogP contribution in [0.2, 0.25) is 0 Å². The SMILES string of the molecule is CC(O)(CCCN1CC2CCC(CC2)C1)c1ccc(F)cc1. The van der Waals surface area contributed by atoms with E-state index in [4.69, 9.17) is 0 Å². The molecular weight excluding hydrogens is 277 g/mol. The van der Waals surface area contributed by atoms with Crippen LogP contribution in [0.3, 0.4) is 0 Å². The predicted molar refractivity (Wildman–Crippen MR) is 87.1 cm³/mol. The lowest BCUT2D eigenvalue weighted by Gasteiger charge is -2.27. The number of nitrogens with zero attached hydrogens (tertiary/aromatic N) is 1. The largest absolute Gasteiger partial charge is 0.385 e. The maximum Gasteiger partial charge on any atom is 0.123 e. The molecule has 4 rings (SSSR count). The zero-order chi connectivity index (χ0) is 15.6. The molecule has 2 bridgehead atoms. The molecule has 1 atom stereocenters. The molecule has 2 heterocycles. The van der Waals surface area contributed by atoms with Crippen LogP contribution in [0.25, 0.3) is 0 Å². The standard InChI is InChI=1S/C19H28FNO/c1-19(22,17-7-9-18(20)10-8-17)11-2-12-21-13-15-3-4-16(14-21)6-5-15/h7-10,15-16,22H,2-6,11-14H2,1H3. The molecule has 122 valence electrons. The highest BCUT2D eigenvalue weighted by Crippen LogP contribution is 2.34. The normalized spacial score (nSPS) is 28.3. The topological polar surface area (TPSA) is 23.5 Å². The average molecular weight is 305 g/mol. The van der Waals surface area contributed by atoms with E-state index in [0.29, 0.717) is 0 Å². The molecule has 2 nitrogen and oxygen atoms in total. The van der Waals surface area contributed by atoms with Gasteiger partial charge in [-0.1, -0.05) is 12.1 Å². The predicted octanol–water partition coefficient (Wildman–Crippen LogP) is 3.94. The Morgan fingerprint density at radius 1 is 1.09 bits per heavy atom. The summed E-state index contributed by atoms with van der Waals surface area (Å²) in [5.41, 5.74) is -0.0525. The van der Waals surface area contributed by atoms with Gasteiger partial charge in [0.05, 0.1) is 5.60 Å². The molecule has 2 saturated heterocycles. The van der Waals surface area contributed by atoms with Crippen molar-refractivity contribution in [2.45, 2.75) is 51.0 Å². The van der Waals surface area contributed by atoms with Crippen molar-refractivity contribution in [2.75, 3.05) is 19.6 Å². The molecule has 0 aromatic heterocycles. The van der Waals surface area contributed by atoms with Crippen molar-refractivity contribution in [3.8, 4) is 0 Å². The summed E-state index contributed by atoms with van der Waals surface area (Å²) in [7, 11) is 0. The molecule has 22 heavy (non-hydrogen) atoms. The Hall–Kier alpha value is -0.930. The number of benzene rings is 1. The smallest absolute Gasteiger partial charge is 0.123 e. The summed E-state index contributed by atoms with van der Waals surface area (Å²) in [5, 5.41) is 10.6. The second kappa shape index (κ2) is 6.67. The van der Waals surface area contributed by atoms with E-state index in [-0.39, 0.29) is 5.82 Å². The zero-order valence-corrected chi connectivity index (χ0v) is 13.6. The van der Waals surface area contributed by atoms with Crippen LogP contribution in [0.4, 0.5) is 4.39 Å². The van der Waals surface area contributed by atoms with Crippen LogP contribution in [0.15, 0.2) is 24.3 Å². The highest BCUT2D eigenvalue weighted by atomic mass is 19.1. The lowest BCUT2D eigenvalue weighted by atomic mass is 9.84. The summed E-state index contributed by atoms with van der Waals surface area (Å²) in [6.07, 6.45) is 7.36. The Balaban J connectivity index is 1.50. The number of rotatable bonds is 5. The van der Waals surface area contributed by atoms with Gasteiger partial charge in [-0.3, -0.25) is 0 Å². The van der Waals surface area contributed by atoms with E-state index < -0.39 is 5.60 Å². The monoisotopic (exact) mass is 305 g/mol. The average Bonchev–Trinajstić information content (AvgIpc) is 2.80. The third kappa shape index (κ3) is 3.88. The fourth-order valence-electron chi connectivity index (χ4n) is 4.18. The number of halogens is 1. The third-order valence-electron chi connectivity index (χ3n) is 5.60. The molecule has 0 spiro atoms. The first-order valence-electron chi connectivity index (χ1n) is 8.74. The molecule has 3 heteroatoms. The summed E-state index contributed by atoms with van der Waals surface area (Å²) in [4.78, 5) is 2.61. The van der Waals surface area contributed by atoms with Crippen LogP contribution in [-0.4, -0.2) is 29.6 Å². The van der Waals surface area contributed by atoms with E-state index >= 15 is 0 Å². The van der Waals surface area contributed by atoms with Gasteiger partial charge in [0.1, 0.15) is 5.82 Å². The number of hydrogen-bond acceptors (Lipinski definition) is 2. The molecule has 1 aromatic rings. The maximum absolute atomic E-state index is 13.0. The van der Waals surface area contributed by atoms with Crippen LogP contribution in [0, 0.1) is 17.7 Å². The molecule has 1 aliphatic carbocycles. The minimum atomic E-state index is -0.863. The molecule has 1 aromatic carbocycles. The van der Waals surface area contributed by atoms with Gasteiger partial charge in [0, 0.05) is 13.1 Å². The Morgan fingerprint density at radius 3 is 2.18 bits per heavy atom. The zero-order valence-electron chi connectivity index (χ0n) is 13.6. The summed E-state index contributed by atoms with van der Waals surface area (Å²) < 4.78 is 13.0. The molecule has 3 fully saturated rings. The van der Waals surface area contributed by atoms with Gasteiger partial charge in [-0.2, -0.15) is 0 Å². The molecule has 1 unspecified atom stereocenters. The van der Waals surface area contributed by atoms with E-state index in [0.717, 1.165) is 36.8 Å². The van der Waals surface area contributed by atoms with Crippen molar-refractivity contribution >= 4 is 0 Å². The first kappa shape index (κ1) is 15.9. The third-order valence-corrected chi connectivity index (χ3v) is 5.60. The molecule has 1 N–H and O–H groups in total. The number of aliphatic hydroxyl groups is 1. The fourth-order valence-corrected chi connectivity index (χ4v) is 4.18. The molecule has 3 aliphatic rings. The van der Waals surface area contributed by atoms with Gasteiger partial charge in [-0.05, 0) is 81.5 Å². The quantitative estimate of drug-likeness (QED) is 0.891.